The molecule has 7 nitrogen and oxygen atoms in total. The van der Waals surface area contributed by atoms with E-state index in [1.165, 1.54) is 18.3 Å². The zero-order valence-corrected chi connectivity index (χ0v) is 21.7. The van der Waals surface area contributed by atoms with Crippen LogP contribution in [0.3, 0.4) is 0 Å². The molecule has 216 valence electrons. The summed E-state index contributed by atoms with van der Waals surface area (Å²) in [7, 11) is 0. The van der Waals surface area contributed by atoms with Crippen LogP contribution in [-0.2, 0) is 17.1 Å². The molecule has 0 unspecified atom stereocenters. The standard InChI is InChI=1S/C27H30F6N6O/c28-26(29,30)23-16-21(4-3-19(23)17-34)36-20-7-10-39(11-8-20)25(40)2-1-9-37-12-14-38(15-13-37)22-5-6-24(35-18-22)27(31,32)33/h3-6,16,18,20,36H,1-2,7-15H2. The minimum Gasteiger partial charge on any atom is -0.382 e. The molecule has 0 radical (unpaired) electrons. The Morgan fingerprint density at radius 2 is 1.68 bits per heavy atom. The van der Waals surface area contributed by atoms with Crippen LogP contribution in [0.4, 0.5) is 37.7 Å². The van der Waals surface area contributed by atoms with Crippen LogP contribution in [-0.4, -0.2) is 72.5 Å². The van der Waals surface area contributed by atoms with Crippen LogP contribution in [0.5, 0.6) is 0 Å². The zero-order valence-electron chi connectivity index (χ0n) is 21.7. The lowest BCUT2D eigenvalue weighted by molar-refractivity contribution is -0.141. The average molecular weight is 569 g/mol. The number of hydrogen-bond acceptors (Lipinski definition) is 6. The molecule has 2 fully saturated rings. The Morgan fingerprint density at radius 3 is 2.25 bits per heavy atom. The number of halogens is 6. The molecule has 2 saturated heterocycles. The van der Waals surface area contributed by atoms with E-state index in [0.717, 1.165) is 37.8 Å². The van der Waals surface area contributed by atoms with E-state index in [-0.39, 0.29) is 11.9 Å². The number of pyridine rings is 1. The van der Waals surface area contributed by atoms with E-state index >= 15 is 0 Å². The van der Waals surface area contributed by atoms with E-state index in [1.807, 2.05) is 4.90 Å². The van der Waals surface area contributed by atoms with Gasteiger partial charge in [-0.15, -0.1) is 0 Å². The third kappa shape index (κ3) is 7.56. The second-order valence-corrected chi connectivity index (χ2v) is 10.0. The number of amides is 1. The molecule has 1 N–H and O–H groups in total. The fourth-order valence-corrected chi connectivity index (χ4v) is 5.06. The number of nitriles is 1. The largest absolute Gasteiger partial charge is 0.433 e. The number of rotatable bonds is 7. The lowest BCUT2D eigenvalue weighted by Crippen LogP contribution is -2.47. The number of aromatic nitrogens is 1. The maximum atomic E-state index is 13.2. The van der Waals surface area contributed by atoms with Crippen molar-refractivity contribution < 1.29 is 31.1 Å². The number of carbonyl (C=O) groups is 1. The van der Waals surface area contributed by atoms with Crippen LogP contribution in [0.15, 0.2) is 36.5 Å². The third-order valence-electron chi connectivity index (χ3n) is 7.30. The smallest absolute Gasteiger partial charge is 0.382 e. The van der Waals surface area contributed by atoms with Crippen molar-refractivity contribution >= 4 is 17.3 Å². The van der Waals surface area contributed by atoms with Gasteiger partial charge in [0.25, 0.3) is 0 Å². The highest BCUT2D eigenvalue weighted by atomic mass is 19.4. The number of likely N-dealkylation sites (tertiary alicyclic amines) is 1. The first kappa shape index (κ1) is 29.5. The van der Waals surface area contributed by atoms with Crippen LogP contribution < -0.4 is 10.2 Å². The summed E-state index contributed by atoms with van der Waals surface area (Å²) in [5, 5.41) is 12.1. The fourth-order valence-electron chi connectivity index (χ4n) is 5.06. The topological polar surface area (TPSA) is 75.5 Å². The molecule has 2 aliphatic rings. The number of anilines is 2. The second kappa shape index (κ2) is 12.3. The van der Waals surface area contributed by atoms with Gasteiger partial charge in [0.1, 0.15) is 5.69 Å². The number of benzene rings is 1. The minimum absolute atomic E-state index is 0.0469. The Morgan fingerprint density at radius 1 is 0.975 bits per heavy atom. The maximum absolute atomic E-state index is 13.2. The summed E-state index contributed by atoms with van der Waals surface area (Å²) in [6.45, 7) is 4.55. The fraction of sp³-hybridized carbons (Fsp3) is 0.519. The van der Waals surface area contributed by atoms with Crippen LogP contribution in [0.25, 0.3) is 0 Å². The SMILES string of the molecule is N#Cc1ccc(NC2CCN(C(=O)CCCN3CCN(c4ccc(C(F)(F)F)nc4)CC3)CC2)cc1C(F)(F)F. The summed E-state index contributed by atoms with van der Waals surface area (Å²) in [5.41, 5.74) is -1.35. The Balaban J connectivity index is 1.15. The second-order valence-electron chi connectivity index (χ2n) is 10.0. The first-order valence-corrected chi connectivity index (χ1v) is 13.1. The molecule has 0 bridgehead atoms. The quantitative estimate of drug-likeness (QED) is 0.475. The van der Waals surface area contributed by atoms with Gasteiger partial charge in [-0.05, 0) is 56.1 Å². The lowest BCUT2D eigenvalue weighted by Gasteiger charge is -2.36. The van der Waals surface area contributed by atoms with Crippen molar-refractivity contribution in [3.8, 4) is 6.07 Å². The number of piperazine rings is 1. The Kier molecular flexibility index (Phi) is 9.08. The normalized spacial score (nSPS) is 17.5. The number of hydrogen-bond donors (Lipinski definition) is 1. The molecule has 0 atom stereocenters. The molecule has 13 heteroatoms. The average Bonchev–Trinajstić information content (AvgIpc) is 2.93. The van der Waals surface area contributed by atoms with Gasteiger partial charge < -0.3 is 15.1 Å². The van der Waals surface area contributed by atoms with Gasteiger partial charge in [-0.2, -0.15) is 31.6 Å². The predicted octanol–water partition coefficient (Wildman–Crippen LogP) is 5.00. The van der Waals surface area contributed by atoms with E-state index < -0.39 is 29.2 Å². The van der Waals surface area contributed by atoms with Gasteiger partial charge in [-0.25, -0.2) is 4.98 Å². The maximum Gasteiger partial charge on any atom is 0.433 e. The molecule has 2 aliphatic heterocycles. The monoisotopic (exact) mass is 568 g/mol. The number of nitrogens with one attached hydrogen (secondary N) is 1. The van der Waals surface area contributed by atoms with Crippen molar-refractivity contribution in [1.82, 2.24) is 14.8 Å². The van der Waals surface area contributed by atoms with Crippen molar-refractivity contribution in [1.29, 1.82) is 5.26 Å². The van der Waals surface area contributed by atoms with E-state index in [2.05, 4.69) is 15.2 Å². The number of piperidine rings is 1. The molecule has 0 aliphatic carbocycles. The highest BCUT2D eigenvalue weighted by Crippen LogP contribution is 2.34. The van der Waals surface area contributed by atoms with Crippen LogP contribution in [0, 0.1) is 11.3 Å². The van der Waals surface area contributed by atoms with E-state index in [1.54, 1.807) is 11.0 Å². The molecule has 0 spiro atoms. The Labute approximate surface area is 228 Å². The van der Waals surface area contributed by atoms with Crippen molar-refractivity contribution in [2.75, 3.05) is 56.0 Å². The molecule has 40 heavy (non-hydrogen) atoms. The first-order valence-electron chi connectivity index (χ1n) is 13.1. The van der Waals surface area contributed by atoms with Gasteiger partial charge >= 0.3 is 12.4 Å². The van der Waals surface area contributed by atoms with Crippen molar-refractivity contribution in [2.24, 2.45) is 0 Å². The summed E-state index contributed by atoms with van der Waals surface area (Å²) < 4.78 is 77.8. The van der Waals surface area contributed by atoms with E-state index in [0.29, 0.717) is 63.2 Å². The highest BCUT2D eigenvalue weighted by molar-refractivity contribution is 5.76. The highest BCUT2D eigenvalue weighted by Gasteiger charge is 2.34. The molecule has 1 aromatic carbocycles. The van der Waals surface area contributed by atoms with Gasteiger partial charge in [-0.3, -0.25) is 9.69 Å². The summed E-state index contributed by atoms with van der Waals surface area (Å²) in [6, 6.07) is 7.51. The minimum atomic E-state index is -4.62. The first-order chi connectivity index (χ1) is 18.9. The molecule has 0 saturated carbocycles. The molecule has 2 aromatic rings. The molecule has 4 rings (SSSR count). The van der Waals surface area contributed by atoms with E-state index in [4.69, 9.17) is 5.26 Å². The van der Waals surface area contributed by atoms with Crippen molar-refractivity contribution in [2.45, 2.75) is 44.1 Å². The Bertz CT molecular complexity index is 1190. The third-order valence-corrected chi connectivity index (χ3v) is 7.30. The summed E-state index contributed by atoms with van der Waals surface area (Å²) in [5.74, 6) is 0.0469. The molecule has 1 amide bonds. The van der Waals surface area contributed by atoms with Crippen molar-refractivity contribution in [3.63, 3.8) is 0 Å². The number of carbonyl (C=O) groups excluding carboxylic acids is 1. The summed E-state index contributed by atoms with van der Waals surface area (Å²) in [4.78, 5) is 22.2. The van der Waals surface area contributed by atoms with Crippen LogP contribution in [0.1, 0.15) is 42.5 Å². The van der Waals surface area contributed by atoms with Gasteiger partial charge in [0.2, 0.25) is 5.91 Å². The van der Waals surface area contributed by atoms with Gasteiger partial charge in [0.05, 0.1) is 29.1 Å². The van der Waals surface area contributed by atoms with Gasteiger partial charge in [0.15, 0.2) is 0 Å². The van der Waals surface area contributed by atoms with Gasteiger partial charge in [-0.1, -0.05) is 0 Å². The number of nitrogens with zero attached hydrogens (tertiary/aromatic N) is 5. The Hall–Kier alpha value is -3.53. The summed E-state index contributed by atoms with van der Waals surface area (Å²) >= 11 is 0. The molecule has 1 aromatic heterocycles. The lowest BCUT2D eigenvalue weighted by atomic mass is 10.0. The number of alkyl halides is 6. The van der Waals surface area contributed by atoms with E-state index in [9.17, 15) is 31.1 Å². The van der Waals surface area contributed by atoms with Crippen molar-refractivity contribution in [3.05, 3.63) is 53.3 Å². The van der Waals surface area contributed by atoms with Crippen LogP contribution >= 0.6 is 0 Å². The molecular weight excluding hydrogens is 538 g/mol. The van der Waals surface area contributed by atoms with Crippen LogP contribution in [0.2, 0.25) is 0 Å². The zero-order chi connectivity index (χ0) is 28.9. The summed E-state index contributed by atoms with van der Waals surface area (Å²) in [6.07, 6.45) is -5.54. The predicted molar refractivity (Wildman–Crippen MR) is 137 cm³/mol. The molecular formula is C27H30F6N6O. The van der Waals surface area contributed by atoms with Gasteiger partial charge in [0, 0.05) is 57.4 Å². The molecule has 3 heterocycles.